The first kappa shape index (κ1) is 22.3. The fraction of sp³-hybridized carbons (Fsp3) is 0.391. The van der Waals surface area contributed by atoms with Gasteiger partial charge in [0, 0.05) is 0 Å². The Kier molecular flexibility index (Phi) is 10.1. The van der Waals surface area contributed by atoms with Crippen LogP contribution in [0.5, 0.6) is 11.5 Å². The summed E-state index contributed by atoms with van der Waals surface area (Å²) in [6, 6.07) is 17.6. The monoisotopic (exact) mass is 400 g/mol. The molecule has 2 rings (SSSR count). The highest BCUT2D eigenvalue weighted by atomic mass is 16.5. The lowest BCUT2D eigenvalue weighted by Gasteiger charge is -2.09. The lowest BCUT2D eigenvalue weighted by molar-refractivity contribution is -0.147. The van der Waals surface area contributed by atoms with E-state index in [1.165, 1.54) is 0 Å². The first-order valence-electron chi connectivity index (χ1n) is 9.90. The molecule has 0 aromatic heterocycles. The highest BCUT2D eigenvalue weighted by Gasteiger charge is 2.06. The van der Waals surface area contributed by atoms with Gasteiger partial charge in [-0.05, 0) is 55.5 Å². The molecule has 0 aliphatic rings. The third kappa shape index (κ3) is 10.2. The number of hydrogen-bond donors (Lipinski definition) is 1. The topological polar surface area (TPSA) is 82.1 Å². The highest BCUT2D eigenvalue weighted by Crippen LogP contribution is 2.15. The van der Waals surface area contributed by atoms with Crippen LogP contribution >= 0.6 is 0 Å². The number of aryl methyl sites for hydroxylation is 1. The Morgan fingerprint density at radius 1 is 0.759 bits per heavy atom. The number of carbonyl (C=O) groups excluding carboxylic acids is 1. The Morgan fingerprint density at radius 2 is 1.45 bits per heavy atom. The zero-order valence-electron chi connectivity index (χ0n) is 16.5. The zero-order valence-corrected chi connectivity index (χ0v) is 16.5. The van der Waals surface area contributed by atoms with Crippen molar-refractivity contribution in [2.24, 2.45) is 0 Å². The molecule has 2 aromatic carbocycles. The molecule has 0 unspecified atom stereocenters. The van der Waals surface area contributed by atoms with E-state index in [4.69, 9.17) is 19.3 Å². The molecule has 6 heteroatoms. The van der Waals surface area contributed by atoms with Crippen LogP contribution in [0.3, 0.4) is 0 Å². The van der Waals surface area contributed by atoms with Gasteiger partial charge in [-0.3, -0.25) is 9.59 Å². The number of hydrogen-bond acceptors (Lipinski definition) is 5. The molecule has 0 aliphatic heterocycles. The third-order valence-electron chi connectivity index (χ3n) is 4.13. The van der Waals surface area contributed by atoms with Gasteiger partial charge in [-0.25, -0.2) is 0 Å². The molecule has 0 heterocycles. The van der Waals surface area contributed by atoms with Crippen molar-refractivity contribution in [1.29, 1.82) is 0 Å². The Bertz CT molecular complexity index is 744. The summed E-state index contributed by atoms with van der Waals surface area (Å²) in [4.78, 5) is 21.8. The fourth-order valence-corrected chi connectivity index (χ4v) is 2.64. The SMILES string of the molecule is O=C(O)CCC(=O)OCCCc1cccc(OCCCCOc2ccccc2)c1. The van der Waals surface area contributed by atoms with Crippen molar-refractivity contribution in [1.82, 2.24) is 0 Å². The standard InChI is InChI=1S/C23H28O6/c24-22(25)13-14-23(26)29-17-7-9-19-8-6-12-21(18-19)28-16-5-4-15-27-20-10-2-1-3-11-20/h1-3,6,8,10-12,18H,4-5,7,9,13-17H2,(H,24,25). The number of ether oxygens (including phenoxy) is 3. The maximum absolute atomic E-state index is 11.4. The molecule has 2 aromatic rings. The first-order chi connectivity index (χ1) is 14.1. The molecule has 0 bridgehead atoms. The minimum atomic E-state index is -0.998. The van der Waals surface area contributed by atoms with Crippen molar-refractivity contribution >= 4 is 11.9 Å². The normalized spacial score (nSPS) is 10.3. The molecule has 0 aliphatic carbocycles. The molecular formula is C23H28O6. The average molecular weight is 400 g/mol. The van der Waals surface area contributed by atoms with Gasteiger partial charge in [0.25, 0.3) is 0 Å². The summed E-state index contributed by atoms with van der Waals surface area (Å²) in [7, 11) is 0. The molecule has 0 fully saturated rings. The summed E-state index contributed by atoms with van der Waals surface area (Å²) in [5.41, 5.74) is 1.11. The number of esters is 1. The Balaban J connectivity index is 1.56. The van der Waals surface area contributed by atoms with E-state index in [1.54, 1.807) is 0 Å². The number of unbranched alkanes of at least 4 members (excludes halogenated alkanes) is 1. The number of carboxylic acids is 1. The molecule has 0 spiro atoms. The zero-order chi connectivity index (χ0) is 20.7. The molecule has 0 amide bonds. The number of aliphatic carboxylic acids is 1. The van der Waals surface area contributed by atoms with Crippen LogP contribution < -0.4 is 9.47 Å². The molecule has 6 nitrogen and oxygen atoms in total. The summed E-state index contributed by atoms with van der Waals surface area (Å²) in [6.07, 6.45) is 2.98. The summed E-state index contributed by atoms with van der Waals surface area (Å²) >= 11 is 0. The predicted molar refractivity (Wildman–Crippen MR) is 109 cm³/mol. The number of para-hydroxylation sites is 1. The summed E-state index contributed by atoms with van der Waals surface area (Å²) in [6.45, 7) is 1.58. The number of rotatable bonds is 14. The maximum atomic E-state index is 11.4. The van der Waals surface area contributed by atoms with E-state index in [-0.39, 0.29) is 19.4 Å². The van der Waals surface area contributed by atoms with Gasteiger partial charge in [0.2, 0.25) is 0 Å². The summed E-state index contributed by atoms with van der Waals surface area (Å²) < 4.78 is 16.5. The third-order valence-corrected chi connectivity index (χ3v) is 4.13. The van der Waals surface area contributed by atoms with Gasteiger partial charge in [0.1, 0.15) is 11.5 Å². The second-order valence-corrected chi connectivity index (χ2v) is 6.58. The largest absolute Gasteiger partial charge is 0.494 e. The van der Waals surface area contributed by atoms with Gasteiger partial charge < -0.3 is 19.3 Å². The van der Waals surface area contributed by atoms with Crippen LogP contribution in [-0.4, -0.2) is 36.9 Å². The van der Waals surface area contributed by atoms with E-state index in [2.05, 4.69) is 0 Å². The summed E-state index contributed by atoms with van der Waals surface area (Å²) in [5.74, 6) is 0.238. The lowest BCUT2D eigenvalue weighted by atomic mass is 10.1. The Labute approximate surface area is 171 Å². The number of carboxylic acid groups (broad SMARTS) is 1. The second kappa shape index (κ2) is 13.2. The van der Waals surface area contributed by atoms with Gasteiger partial charge in [-0.1, -0.05) is 30.3 Å². The molecule has 0 radical (unpaired) electrons. The van der Waals surface area contributed by atoms with Crippen LogP contribution in [0.1, 0.15) is 37.7 Å². The van der Waals surface area contributed by atoms with Crippen LogP contribution in [0, 0.1) is 0 Å². The van der Waals surface area contributed by atoms with E-state index < -0.39 is 11.9 Å². The van der Waals surface area contributed by atoms with Gasteiger partial charge >= 0.3 is 11.9 Å². The van der Waals surface area contributed by atoms with Crippen LogP contribution in [0.2, 0.25) is 0 Å². The Hall–Kier alpha value is -3.02. The summed E-state index contributed by atoms with van der Waals surface area (Å²) in [5, 5.41) is 8.53. The van der Waals surface area contributed by atoms with Crippen molar-refractivity contribution < 1.29 is 28.9 Å². The quantitative estimate of drug-likeness (QED) is 0.377. The van der Waals surface area contributed by atoms with Crippen molar-refractivity contribution in [2.75, 3.05) is 19.8 Å². The Morgan fingerprint density at radius 3 is 2.17 bits per heavy atom. The lowest BCUT2D eigenvalue weighted by Crippen LogP contribution is -2.09. The van der Waals surface area contributed by atoms with Gasteiger partial charge in [0.05, 0.1) is 32.7 Å². The molecule has 1 N–H and O–H groups in total. The molecule has 0 atom stereocenters. The van der Waals surface area contributed by atoms with E-state index in [1.807, 2.05) is 54.6 Å². The van der Waals surface area contributed by atoms with Gasteiger partial charge in [0.15, 0.2) is 0 Å². The first-order valence-corrected chi connectivity index (χ1v) is 9.90. The molecule has 156 valence electrons. The van der Waals surface area contributed by atoms with Crippen molar-refractivity contribution in [2.45, 2.75) is 38.5 Å². The van der Waals surface area contributed by atoms with E-state index in [0.29, 0.717) is 19.6 Å². The minimum Gasteiger partial charge on any atom is -0.494 e. The smallest absolute Gasteiger partial charge is 0.306 e. The van der Waals surface area contributed by atoms with Crippen molar-refractivity contribution in [3.63, 3.8) is 0 Å². The fourth-order valence-electron chi connectivity index (χ4n) is 2.64. The van der Waals surface area contributed by atoms with E-state index in [9.17, 15) is 9.59 Å². The minimum absolute atomic E-state index is 0.0882. The number of carbonyl (C=O) groups is 2. The maximum Gasteiger partial charge on any atom is 0.306 e. The number of benzene rings is 2. The van der Waals surface area contributed by atoms with E-state index >= 15 is 0 Å². The molecule has 0 saturated carbocycles. The predicted octanol–water partition coefficient (Wildman–Crippen LogP) is 4.27. The molecule has 0 saturated heterocycles. The average Bonchev–Trinajstić information content (AvgIpc) is 2.73. The van der Waals surface area contributed by atoms with Gasteiger partial charge in [-0.15, -0.1) is 0 Å². The second-order valence-electron chi connectivity index (χ2n) is 6.58. The van der Waals surface area contributed by atoms with Crippen molar-refractivity contribution in [3.05, 3.63) is 60.2 Å². The van der Waals surface area contributed by atoms with Crippen molar-refractivity contribution in [3.8, 4) is 11.5 Å². The molecule has 29 heavy (non-hydrogen) atoms. The van der Waals surface area contributed by atoms with E-state index in [0.717, 1.165) is 36.3 Å². The molecular weight excluding hydrogens is 372 g/mol. The van der Waals surface area contributed by atoms with Crippen LogP contribution in [0.4, 0.5) is 0 Å². The van der Waals surface area contributed by atoms with Gasteiger partial charge in [-0.2, -0.15) is 0 Å². The van der Waals surface area contributed by atoms with Crippen LogP contribution in [0.15, 0.2) is 54.6 Å². The highest BCUT2D eigenvalue weighted by molar-refractivity contribution is 5.76. The van der Waals surface area contributed by atoms with Crippen LogP contribution in [-0.2, 0) is 20.7 Å². The van der Waals surface area contributed by atoms with Crippen LogP contribution in [0.25, 0.3) is 0 Å².